The van der Waals surface area contributed by atoms with Gasteiger partial charge in [-0.05, 0) is 13.8 Å². The van der Waals surface area contributed by atoms with Crippen LogP contribution in [0.3, 0.4) is 0 Å². The van der Waals surface area contributed by atoms with Crippen LogP contribution in [0, 0.1) is 0 Å². The molecule has 0 aromatic heterocycles. The number of hydrogen-bond donors (Lipinski definition) is 2. The molecular formula is C7H17NO3S. The van der Waals surface area contributed by atoms with Crippen LogP contribution in [0.4, 0.5) is 0 Å². The lowest BCUT2D eigenvalue weighted by atomic mass is 10.3. The predicted octanol–water partition coefficient (Wildman–Crippen LogP) is -0.610. The molecule has 0 saturated heterocycles. The van der Waals surface area contributed by atoms with Crippen molar-refractivity contribution >= 4 is 9.84 Å². The lowest BCUT2D eigenvalue weighted by molar-refractivity contribution is 0.245. The van der Waals surface area contributed by atoms with Gasteiger partial charge in [0.1, 0.15) is 9.84 Å². The smallest absolute Gasteiger partial charge is 0.148 e. The number of aliphatic hydroxyl groups is 1. The number of rotatable bonds is 5. The van der Waals surface area contributed by atoms with Gasteiger partial charge in [0.2, 0.25) is 0 Å². The standard InChI is InChI=1S/C7H17NO3S/c1-6(4-9)8-7(2)5-12(3,10)11/h6-9H,4-5H2,1-3H3/t6-,7?/m1/s1. The molecule has 0 aliphatic rings. The Kier molecular flexibility index (Phi) is 4.74. The molecule has 1 unspecified atom stereocenters. The quantitative estimate of drug-likeness (QED) is 0.614. The summed E-state index contributed by atoms with van der Waals surface area (Å²) in [6.07, 6.45) is 1.20. The van der Waals surface area contributed by atoms with Gasteiger partial charge >= 0.3 is 0 Å². The van der Waals surface area contributed by atoms with Crippen molar-refractivity contribution in [3.63, 3.8) is 0 Å². The Labute approximate surface area is 73.9 Å². The monoisotopic (exact) mass is 195 g/mol. The fourth-order valence-electron chi connectivity index (χ4n) is 1.04. The molecule has 0 saturated carbocycles. The maximum Gasteiger partial charge on any atom is 0.148 e. The Morgan fingerprint density at radius 1 is 1.33 bits per heavy atom. The topological polar surface area (TPSA) is 66.4 Å². The molecular weight excluding hydrogens is 178 g/mol. The molecule has 0 fully saturated rings. The Morgan fingerprint density at radius 2 is 1.83 bits per heavy atom. The van der Waals surface area contributed by atoms with E-state index in [1.807, 2.05) is 0 Å². The molecule has 12 heavy (non-hydrogen) atoms. The zero-order valence-electron chi connectivity index (χ0n) is 7.74. The molecule has 5 heteroatoms. The van der Waals surface area contributed by atoms with Crippen LogP contribution in [0.1, 0.15) is 13.8 Å². The third kappa shape index (κ3) is 6.57. The SMILES string of the molecule is CC(CS(C)(=O)=O)N[C@H](C)CO. The van der Waals surface area contributed by atoms with E-state index in [0.29, 0.717) is 0 Å². The van der Waals surface area contributed by atoms with Crippen molar-refractivity contribution in [3.05, 3.63) is 0 Å². The normalized spacial score (nSPS) is 17.3. The van der Waals surface area contributed by atoms with Crippen LogP contribution in [0.25, 0.3) is 0 Å². The predicted molar refractivity (Wildman–Crippen MR) is 48.9 cm³/mol. The second-order valence-corrected chi connectivity index (χ2v) is 5.43. The summed E-state index contributed by atoms with van der Waals surface area (Å²) in [6.45, 7) is 3.61. The van der Waals surface area contributed by atoms with Crippen LogP contribution >= 0.6 is 0 Å². The van der Waals surface area contributed by atoms with Crippen LogP contribution in [0.2, 0.25) is 0 Å². The van der Waals surface area contributed by atoms with Crippen molar-refractivity contribution in [2.24, 2.45) is 0 Å². The summed E-state index contributed by atoms with van der Waals surface area (Å²) in [7, 11) is -2.92. The Hall–Kier alpha value is -0.130. The molecule has 0 heterocycles. The van der Waals surface area contributed by atoms with Crippen LogP contribution in [0.5, 0.6) is 0 Å². The highest BCUT2D eigenvalue weighted by molar-refractivity contribution is 7.90. The van der Waals surface area contributed by atoms with Gasteiger partial charge in [-0.1, -0.05) is 0 Å². The Balaban J connectivity index is 3.82. The van der Waals surface area contributed by atoms with E-state index in [1.165, 1.54) is 6.26 Å². The van der Waals surface area contributed by atoms with E-state index in [9.17, 15) is 8.42 Å². The van der Waals surface area contributed by atoms with Gasteiger partial charge in [-0.15, -0.1) is 0 Å². The zero-order valence-corrected chi connectivity index (χ0v) is 8.56. The lowest BCUT2D eigenvalue weighted by Crippen LogP contribution is -2.40. The van der Waals surface area contributed by atoms with Crippen molar-refractivity contribution < 1.29 is 13.5 Å². The molecule has 0 aromatic carbocycles. The van der Waals surface area contributed by atoms with E-state index in [1.54, 1.807) is 13.8 Å². The fraction of sp³-hybridized carbons (Fsp3) is 1.00. The average molecular weight is 195 g/mol. The van der Waals surface area contributed by atoms with Gasteiger partial charge in [0, 0.05) is 18.3 Å². The number of sulfone groups is 1. The fourth-order valence-corrected chi connectivity index (χ4v) is 2.05. The molecule has 0 aliphatic heterocycles. The van der Waals surface area contributed by atoms with Gasteiger partial charge in [-0.3, -0.25) is 0 Å². The van der Waals surface area contributed by atoms with E-state index >= 15 is 0 Å². The summed E-state index contributed by atoms with van der Waals surface area (Å²) in [4.78, 5) is 0. The Bertz CT molecular complexity index is 213. The highest BCUT2D eigenvalue weighted by atomic mass is 32.2. The van der Waals surface area contributed by atoms with E-state index in [2.05, 4.69) is 5.32 Å². The molecule has 74 valence electrons. The second-order valence-electron chi connectivity index (χ2n) is 3.24. The van der Waals surface area contributed by atoms with Gasteiger partial charge in [-0.25, -0.2) is 8.42 Å². The minimum Gasteiger partial charge on any atom is -0.395 e. The number of nitrogens with one attached hydrogen (secondary N) is 1. The first-order chi connectivity index (χ1) is 5.35. The van der Waals surface area contributed by atoms with E-state index in [4.69, 9.17) is 5.11 Å². The molecule has 0 rings (SSSR count). The van der Waals surface area contributed by atoms with Gasteiger partial charge in [-0.2, -0.15) is 0 Å². The highest BCUT2D eigenvalue weighted by Crippen LogP contribution is 1.92. The third-order valence-electron chi connectivity index (χ3n) is 1.40. The summed E-state index contributed by atoms with van der Waals surface area (Å²) in [5.74, 6) is 0.108. The molecule has 0 spiro atoms. The van der Waals surface area contributed by atoms with Crippen molar-refractivity contribution in [2.75, 3.05) is 18.6 Å². The zero-order chi connectivity index (χ0) is 9.78. The third-order valence-corrected chi connectivity index (χ3v) is 2.50. The van der Waals surface area contributed by atoms with Crippen molar-refractivity contribution in [3.8, 4) is 0 Å². The van der Waals surface area contributed by atoms with Gasteiger partial charge in [0.25, 0.3) is 0 Å². The summed E-state index contributed by atoms with van der Waals surface area (Å²) < 4.78 is 21.6. The summed E-state index contributed by atoms with van der Waals surface area (Å²) in [6, 6.07) is -0.163. The molecule has 0 amide bonds. The van der Waals surface area contributed by atoms with E-state index < -0.39 is 9.84 Å². The molecule has 2 atom stereocenters. The number of aliphatic hydroxyl groups excluding tert-OH is 1. The molecule has 2 N–H and O–H groups in total. The molecule has 4 nitrogen and oxygen atoms in total. The highest BCUT2D eigenvalue weighted by Gasteiger charge is 2.11. The van der Waals surface area contributed by atoms with Crippen LogP contribution in [-0.2, 0) is 9.84 Å². The summed E-state index contributed by atoms with van der Waals surface area (Å²) >= 11 is 0. The largest absolute Gasteiger partial charge is 0.395 e. The van der Waals surface area contributed by atoms with Gasteiger partial charge in [0.15, 0.2) is 0 Å². The molecule has 0 bridgehead atoms. The summed E-state index contributed by atoms with van der Waals surface area (Å²) in [5, 5.41) is 11.6. The summed E-state index contributed by atoms with van der Waals surface area (Å²) in [5.41, 5.74) is 0. The van der Waals surface area contributed by atoms with E-state index in [0.717, 1.165) is 0 Å². The molecule has 0 aliphatic carbocycles. The maximum absolute atomic E-state index is 10.8. The minimum atomic E-state index is -2.92. The van der Waals surface area contributed by atoms with Crippen LogP contribution < -0.4 is 5.32 Å². The first-order valence-electron chi connectivity index (χ1n) is 3.90. The van der Waals surface area contributed by atoms with Gasteiger partial charge in [0.05, 0.1) is 12.4 Å². The first kappa shape index (κ1) is 11.9. The second kappa shape index (κ2) is 4.79. The van der Waals surface area contributed by atoms with Crippen molar-refractivity contribution in [1.82, 2.24) is 5.32 Å². The van der Waals surface area contributed by atoms with E-state index in [-0.39, 0.29) is 24.4 Å². The van der Waals surface area contributed by atoms with Crippen molar-refractivity contribution in [2.45, 2.75) is 25.9 Å². The average Bonchev–Trinajstić information content (AvgIpc) is 1.82. The first-order valence-corrected chi connectivity index (χ1v) is 5.96. The maximum atomic E-state index is 10.8. The van der Waals surface area contributed by atoms with Gasteiger partial charge < -0.3 is 10.4 Å². The van der Waals surface area contributed by atoms with Crippen LogP contribution in [-0.4, -0.2) is 44.2 Å². The molecule has 0 radical (unpaired) electrons. The van der Waals surface area contributed by atoms with Crippen LogP contribution in [0.15, 0.2) is 0 Å². The number of hydrogen-bond acceptors (Lipinski definition) is 4. The van der Waals surface area contributed by atoms with Crippen molar-refractivity contribution in [1.29, 1.82) is 0 Å². The minimum absolute atomic E-state index is 0.0219. The molecule has 0 aromatic rings. The Morgan fingerprint density at radius 3 is 2.17 bits per heavy atom. The lowest BCUT2D eigenvalue weighted by Gasteiger charge is -2.16.